The molecule has 4 aromatic rings. The second-order valence-corrected chi connectivity index (χ2v) is 7.40. The maximum atomic E-state index is 13.5. The lowest BCUT2D eigenvalue weighted by Gasteiger charge is -2.10. The second kappa shape index (κ2) is 8.37. The fraction of sp³-hybridized carbons (Fsp3) is 0.167. The first kappa shape index (κ1) is 19.6. The number of aromatic nitrogens is 1. The Balaban J connectivity index is 1.52. The lowest BCUT2D eigenvalue weighted by Crippen LogP contribution is -2.12. The number of carbonyl (C=O) groups excluding carboxylic acids is 1. The minimum absolute atomic E-state index is 0.252. The van der Waals surface area contributed by atoms with Crippen LogP contribution in [0.5, 0.6) is 5.75 Å². The van der Waals surface area contributed by atoms with Gasteiger partial charge >= 0.3 is 0 Å². The number of amides is 1. The molecule has 0 radical (unpaired) electrons. The van der Waals surface area contributed by atoms with E-state index in [-0.39, 0.29) is 11.7 Å². The van der Waals surface area contributed by atoms with E-state index >= 15 is 0 Å². The summed E-state index contributed by atoms with van der Waals surface area (Å²) in [6.07, 6.45) is 0. The topological polar surface area (TPSA) is 64.4 Å². The maximum Gasteiger partial charge on any atom is 0.255 e. The highest BCUT2D eigenvalue weighted by Crippen LogP contribution is 2.27. The average Bonchev–Trinajstić information content (AvgIpc) is 3.16. The fourth-order valence-corrected chi connectivity index (χ4v) is 2.94. The van der Waals surface area contributed by atoms with Crippen molar-refractivity contribution >= 4 is 22.7 Å². The van der Waals surface area contributed by atoms with E-state index in [0.717, 1.165) is 0 Å². The van der Waals surface area contributed by atoms with Gasteiger partial charge in [0.1, 0.15) is 17.1 Å². The van der Waals surface area contributed by atoms with Crippen LogP contribution in [-0.2, 0) is 0 Å². The van der Waals surface area contributed by atoms with E-state index in [9.17, 15) is 9.18 Å². The third kappa shape index (κ3) is 4.49. The summed E-state index contributed by atoms with van der Waals surface area (Å²) in [6.45, 7) is 4.72. The van der Waals surface area contributed by atoms with Crippen molar-refractivity contribution in [3.05, 3.63) is 78.1 Å². The van der Waals surface area contributed by atoms with Gasteiger partial charge in [-0.25, -0.2) is 9.37 Å². The number of carbonyl (C=O) groups is 1. The molecule has 1 heterocycles. The SMILES string of the molecule is CC(C)COc1cccc(C(=O)Nc2ccc3oc(-c4cccc(F)c4)nc3c2)c1. The molecule has 0 bridgehead atoms. The summed E-state index contributed by atoms with van der Waals surface area (Å²) in [6, 6.07) is 18.3. The smallest absolute Gasteiger partial charge is 0.255 e. The number of nitrogens with zero attached hydrogens (tertiary/aromatic N) is 1. The molecule has 1 N–H and O–H groups in total. The highest BCUT2D eigenvalue weighted by molar-refractivity contribution is 6.05. The van der Waals surface area contributed by atoms with Crippen LogP contribution in [0.25, 0.3) is 22.6 Å². The number of hydrogen-bond donors (Lipinski definition) is 1. The first-order valence-electron chi connectivity index (χ1n) is 9.69. The number of oxazole rings is 1. The molecule has 0 saturated heterocycles. The number of halogens is 1. The molecule has 0 aliphatic rings. The van der Waals surface area contributed by atoms with E-state index < -0.39 is 0 Å². The molecule has 3 aromatic carbocycles. The predicted molar refractivity (Wildman–Crippen MR) is 114 cm³/mol. The Hall–Kier alpha value is -3.67. The second-order valence-electron chi connectivity index (χ2n) is 7.40. The van der Waals surface area contributed by atoms with Gasteiger partial charge in [-0.1, -0.05) is 26.0 Å². The standard InChI is InChI=1S/C24H21FN2O3/c1-15(2)14-29-20-8-4-5-16(12-20)23(28)26-19-9-10-22-21(13-19)27-24(30-22)17-6-3-7-18(25)11-17/h3-13,15H,14H2,1-2H3,(H,26,28). The van der Waals surface area contributed by atoms with Gasteiger partial charge in [-0.2, -0.15) is 0 Å². The number of benzene rings is 3. The molecule has 6 heteroatoms. The van der Waals surface area contributed by atoms with Crippen LogP contribution in [-0.4, -0.2) is 17.5 Å². The summed E-state index contributed by atoms with van der Waals surface area (Å²) < 4.78 is 24.9. The molecule has 0 atom stereocenters. The van der Waals surface area contributed by atoms with Crippen molar-refractivity contribution in [3.8, 4) is 17.2 Å². The van der Waals surface area contributed by atoms with Gasteiger partial charge < -0.3 is 14.5 Å². The van der Waals surface area contributed by atoms with Gasteiger partial charge in [-0.3, -0.25) is 4.79 Å². The van der Waals surface area contributed by atoms with E-state index in [0.29, 0.717) is 52.1 Å². The van der Waals surface area contributed by atoms with Crippen LogP contribution < -0.4 is 10.1 Å². The quantitative estimate of drug-likeness (QED) is 0.433. The molecule has 0 unspecified atom stereocenters. The third-order valence-corrected chi connectivity index (χ3v) is 4.40. The van der Waals surface area contributed by atoms with Crippen molar-refractivity contribution in [3.63, 3.8) is 0 Å². The Labute approximate surface area is 173 Å². The summed E-state index contributed by atoms with van der Waals surface area (Å²) in [4.78, 5) is 17.1. The van der Waals surface area contributed by atoms with Crippen molar-refractivity contribution in [1.29, 1.82) is 0 Å². The molecule has 30 heavy (non-hydrogen) atoms. The zero-order chi connectivity index (χ0) is 21.1. The number of hydrogen-bond acceptors (Lipinski definition) is 4. The maximum absolute atomic E-state index is 13.5. The van der Waals surface area contributed by atoms with Crippen LogP contribution in [0.1, 0.15) is 24.2 Å². The Kier molecular flexibility index (Phi) is 5.48. The van der Waals surface area contributed by atoms with Crippen LogP contribution in [0, 0.1) is 11.7 Å². The van der Waals surface area contributed by atoms with Crippen LogP contribution in [0.3, 0.4) is 0 Å². The molecule has 0 fully saturated rings. The largest absolute Gasteiger partial charge is 0.493 e. The normalized spacial score (nSPS) is 11.1. The van der Waals surface area contributed by atoms with Crippen LogP contribution in [0.2, 0.25) is 0 Å². The molecule has 0 saturated carbocycles. The molecule has 5 nitrogen and oxygen atoms in total. The Morgan fingerprint density at radius 3 is 2.73 bits per heavy atom. The lowest BCUT2D eigenvalue weighted by atomic mass is 10.2. The Morgan fingerprint density at radius 1 is 1.10 bits per heavy atom. The van der Waals surface area contributed by atoms with Gasteiger partial charge in [0.25, 0.3) is 5.91 Å². The summed E-state index contributed by atoms with van der Waals surface area (Å²) in [5.74, 6) is 0.764. The van der Waals surface area contributed by atoms with Gasteiger partial charge in [-0.15, -0.1) is 0 Å². The summed E-state index contributed by atoms with van der Waals surface area (Å²) in [7, 11) is 0. The zero-order valence-electron chi connectivity index (χ0n) is 16.7. The monoisotopic (exact) mass is 404 g/mol. The number of nitrogens with one attached hydrogen (secondary N) is 1. The van der Waals surface area contributed by atoms with Crippen LogP contribution >= 0.6 is 0 Å². The molecule has 1 amide bonds. The van der Waals surface area contributed by atoms with Crippen molar-refractivity contribution in [2.75, 3.05) is 11.9 Å². The average molecular weight is 404 g/mol. The van der Waals surface area contributed by atoms with E-state index in [1.165, 1.54) is 12.1 Å². The minimum atomic E-state index is -0.359. The Morgan fingerprint density at radius 2 is 1.93 bits per heavy atom. The van der Waals surface area contributed by atoms with Crippen molar-refractivity contribution in [2.24, 2.45) is 5.92 Å². The van der Waals surface area contributed by atoms with Gasteiger partial charge in [0, 0.05) is 16.8 Å². The molecule has 152 valence electrons. The number of rotatable bonds is 6. The zero-order valence-corrected chi connectivity index (χ0v) is 16.7. The van der Waals surface area contributed by atoms with Crippen LogP contribution in [0.4, 0.5) is 10.1 Å². The van der Waals surface area contributed by atoms with Crippen molar-refractivity contribution < 1.29 is 18.3 Å². The number of ether oxygens (including phenoxy) is 1. The van der Waals surface area contributed by atoms with E-state index in [1.54, 1.807) is 48.5 Å². The minimum Gasteiger partial charge on any atom is -0.493 e. The summed E-state index contributed by atoms with van der Waals surface area (Å²) in [5, 5.41) is 2.86. The molecule has 0 aliphatic carbocycles. The highest BCUT2D eigenvalue weighted by Gasteiger charge is 2.12. The van der Waals surface area contributed by atoms with Gasteiger partial charge in [-0.05, 0) is 60.5 Å². The predicted octanol–water partition coefficient (Wildman–Crippen LogP) is 5.92. The van der Waals surface area contributed by atoms with Gasteiger partial charge in [0.05, 0.1) is 6.61 Å². The van der Waals surface area contributed by atoms with E-state index in [1.807, 2.05) is 6.07 Å². The van der Waals surface area contributed by atoms with E-state index in [2.05, 4.69) is 24.1 Å². The molecule has 1 aromatic heterocycles. The summed E-state index contributed by atoms with van der Waals surface area (Å²) in [5.41, 5.74) is 2.75. The Bertz CT molecular complexity index is 1200. The van der Waals surface area contributed by atoms with Crippen molar-refractivity contribution in [2.45, 2.75) is 13.8 Å². The van der Waals surface area contributed by atoms with Gasteiger partial charge in [0.15, 0.2) is 5.58 Å². The lowest BCUT2D eigenvalue weighted by molar-refractivity contribution is 0.102. The highest BCUT2D eigenvalue weighted by atomic mass is 19.1. The molecular formula is C24H21FN2O3. The molecule has 4 rings (SSSR count). The molecule has 0 spiro atoms. The fourth-order valence-electron chi connectivity index (χ4n) is 2.94. The van der Waals surface area contributed by atoms with Gasteiger partial charge in [0.2, 0.25) is 5.89 Å². The number of anilines is 1. The first-order chi connectivity index (χ1) is 14.5. The molecule has 0 aliphatic heterocycles. The van der Waals surface area contributed by atoms with E-state index in [4.69, 9.17) is 9.15 Å². The molecular weight excluding hydrogens is 383 g/mol. The van der Waals surface area contributed by atoms with Crippen molar-refractivity contribution in [1.82, 2.24) is 4.98 Å². The first-order valence-corrected chi connectivity index (χ1v) is 9.69. The third-order valence-electron chi connectivity index (χ3n) is 4.40. The van der Waals surface area contributed by atoms with Crippen LogP contribution in [0.15, 0.2) is 71.1 Å². The number of fused-ring (bicyclic) bond motifs is 1. The summed E-state index contributed by atoms with van der Waals surface area (Å²) >= 11 is 0.